The summed E-state index contributed by atoms with van der Waals surface area (Å²) in [5.74, 6) is -1.26. The maximum absolute atomic E-state index is 12.4. The summed E-state index contributed by atoms with van der Waals surface area (Å²) in [5, 5.41) is 0. The highest BCUT2D eigenvalue weighted by atomic mass is 16.8. The summed E-state index contributed by atoms with van der Waals surface area (Å²) in [6.07, 6.45) is -0.601. The summed E-state index contributed by atoms with van der Waals surface area (Å²) in [7, 11) is 0. The molecular formula is C20H18O3. The molecule has 2 aliphatic rings. The maximum atomic E-state index is 12.4. The summed E-state index contributed by atoms with van der Waals surface area (Å²) >= 11 is 0. The highest BCUT2D eigenvalue weighted by Gasteiger charge is 2.61. The van der Waals surface area contributed by atoms with Crippen LogP contribution in [0.1, 0.15) is 37.2 Å². The fraction of sp³-hybridized carbons (Fsp3) is 0.250. The first-order valence-corrected chi connectivity index (χ1v) is 7.82. The molecule has 1 saturated heterocycles. The third-order valence-electron chi connectivity index (χ3n) is 4.81. The van der Waals surface area contributed by atoms with E-state index in [0.29, 0.717) is 0 Å². The topological polar surface area (TPSA) is 35.5 Å². The van der Waals surface area contributed by atoms with E-state index in [1.54, 1.807) is 0 Å². The maximum Gasteiger partial charge on any atom is 0.258 e. The van der Waals surface area contributed by atoms with Gasteiger partial charge in [-0.2, -0.15) is 0 Å². The van der Waals surface area contributed by atoms with Gasteiger partial charge in [0.25, 0.3) is 5.79 Å². The molecule has 3 nitrogen and oxygen atoms in total. The van der Waals surface area contributed by atoms with Crippen LogP contribution in [-0.4, -0.2) is 11.6 Å². The number of ether oxygens (including phenoxy) is 2. The minimum atomic E-state index is -1.20. The van der Waals surface area contributed by atoms with Crippen LogP contribution in [0, 0.1) is 0 Å². The van der Waals surface area contributed by atoms with Crippen molar-refractivity contribution in [2.75, 3.05) is 0 Å². The van der Waals surface area contributed by atoms with Crippen molar-refractivity contribution < 1.29 is 14.3 Å². The molecule has 3 heteroatoms. The Morgan fingerprint density at radius 1 is 0.783 bits per heavy atom. The van der Waals surface area contributed by atoms with Crippen LogP contribution in [0.15, 0.2) is 71.8 Å². The van der Waals surface area contributed by atoms with Gasteiger partial charge in [0.1, 0.15) is 12.2 Å². The van der Waals surface area contributed by atoms with Crippen LogP contribution in [0.5, 0.6) is 0 Å². The third kappa shape index (κ3) is 2.01. The number of benzene rings is 2. The predicted octanol–water partition coefficient (Wildman–Crippen LogP) is 4.13. The Hall–Kier alpha value is -2.23. The third-order valence-corrected chi connectivity index (χ3v) is 4.81. The van der Waals surface area contributed by atoms with E-state index < -0.39 is 5.79 Å². The molecule has 0 radical (unpaired) electrons. The molecule has 1 aliphatic carbocycles. The van der Waals surface area contributed by atoms with Gasteiger partial charge in [-0.15, -0.1) is 0 Å². The zero-order valence-corrected chi connectivity index (χ0v) is 13.2. The summed E-state index contributed by atoms with van der Waals surface area (Å²) in [5.41, 5.74) is 3.65. The standard InChI is InChI=1S/C20H18O3/c1-13-14(2)20(19(13)21)22-17(15-9-5-3-6-10-15)18(23-20)16-11-7-4-8-12-16/h3-12,17-18H,1-2H3. The van der Waals surface area contributed by atoms with E-state index in [9.17, 15) is 4.79 Å². The second-order valence-corrected chi connectivity index (χ2v) is 6.09. The first-order chi connectivity index (χ1) is 11.1. The largest absolute Gasteiger partial charge is 0.329 e. The highest BCUT2D eigenvalue weighted by Crippen LogP contribution is 2.54. The van der Waals surface area contributed by atoms with E-state index in [-0.39, 0.29) is 18.0 Å². The molecule has 2 aromatic carbocycles. The van der Waals surface area contributed by atoms with Gasteiger partial charge < -0.3 is 9.47 Å². The van der Waals surface area contributed by atoms with Gasteiger partial charge in [0.05, 0.1) is 0 Å². The molecule has 4 rings (SSSR count). The predicted molar refractivity (Wildman–Crippen MR) is 86.6 cm³/mol. The molecule has 1 spiro atoms. The van der Waals surface area contributed by atoms with Crippen molar-refractivity contribution in [3.8, 4) is 0 Å². The summed E-state index contributed by atoms with van der Waals surface area (Å²) in [4.78, 5) is 12.4. The summed E-state index contributed by atoms with van der Waals surface area (Å²) < 4.78 is 12.4. The van der Waals surface area contributed by atoms with E-state index in [1.165, 1.54) is 0 Å². The van der Waals surface area contributed by atoms with Crippen molar-refractivity contribution in [3.63, 3.8) is 0 Å². The van der Waals surface area contributed by atoms with Crippen molar-refractivity contribution in [2.24, 2.45) is 0 Å². The molecule has 1 fully saturated rings. The minimum absolute atomic E-state index is 0.0608. The number of ketones is 1. The average molecular weight is 306 g/mol. The Morgan fingerprint density at radius 2 is 1.22 bits per heavy atom. The van der Waals surface area contributed by atoms with Crippen LogP contribution in [-0.2, 0) is 14.3 Å². The molecule has 2 atom stereocenters. The molecule has 2 unspecified atom stereocenters. The molecule has 0 N–H and O–H groups in total. The monoisotopic (exact) mass is 306 g/mol. The lowest BCUT2D eigenvalue weighted by atomic mass is 9.82. The van der Waals surface area contributed by atoms with E-state index in [1.807, 2.05) is 74.5 Å². The Morgan fingerprint density at radius 3 is 1.61 bits per heavy atom. The van der Waals surface area contributed by atoms with Crippen molar-refractivity contribution in [2.45, 2.75) is 31.8 Å². The number of carbonyl (C=O) groups is 1. The van der Waals surface area contributed by atoms with Gasteiger partial charge in [-0.1, -0.05) is 60.7 Å². The zero-order chi connectivity index (χ0) is 16.0. The second-order valence-electron chi connectivity index (χ2n) is 6.09. The summed E-state index contributed by atoms with van der Waals surface area (Å²) in [6.45, 7) is 3.73. The molecule has 0 amide bonds. The van der Waals surface area contributed by atoms with Crippen molar-refractivity contribution in [3.05, 3.63) is 82.9 Å². The quantitative estimate of drug-likeness (QED) is 0.837. The Bertz CT molecular complexity index is 730. The van der Waals surface area contributed by atoms with Gasteiger partial charge in [-0.05, 0) is 25.0 Å². The Kier molecular flexibility index (Phi) is 3.22. The number of Topliss-reactive ketones (excluding diaryl/α,β-unsaturated/α-hetero) is 1. The van der Waals surface area contributed by atoms with E-state index in [0.717, 1.165) is 22.3 Å². The number of carbonyl (C=O) groups excluding carboxylic acids is 1. The highest BCUT2D eigenvalue weighted by molar-refractivity contribution is 6.10. The minimum Gasteiger partial charge on any atom is -0.329 e. The van der Waals surface area contributed by atoms with E-state index in [4.69, 9.17) is 9.47 Å². The molecule has 0 saturated carbocycles. The first kappa shape index (κ1) is 14.4. The van der Waals surface area contributed by atoms with Gasteiger partial charge >= 0.3 is 0 Å². The molecule has 1 aliphatic heterocycles. The van der Waals surface area contributed by atoms with Crippen molar-refractivity contribution in [1.29, 1.82) is 0 Å². The zero-order valence-electron chi connectivity index (χ0n) is 13.2. The Balaban J connectivity index is 1.78. The van der Waals surface area contributed by atoms with Gasteiger partial charge in [0.2, 0.25) is 5.78 Å². The average Bonchev–Trinajstić information content (AvgIpc) is 3.05. The molecule has 1 heterocycles. The van der Waals surface area contributed by atoms with Crippen LogP contribution in [0.4, 0.5) is 0 Å². The smallest absolute Gasteiger partial charge is 0.258 e. The second kappa shape index (κ2) is 5.15. The number of rotatable bonds is 2. The van der Waals surface area contributed by atoms with E-state index in [2.05, 4.69) is 0 Å². The van der Waals surface area contributed by atoms with E-state index >= 15 is 0 Å². The number of hydrogen-bond acceptors (Lipinski definition) is 3. The van der Waals surface area contributed by atoms with Gasteiger partial charge in [0.15, 0.2) is 0 Å². The summed E-state index contributed by atoms with van der Waals surface area (Å²) in [6, 6.07) is 19.9. The molecule has 0 bridgehead atoms. The van der Waals surface area contributed by atoms with Gasteiger partial charge in [-0.25, -0.2) is 0 Å². The number of hydrogen-bond donors (Lipinski definition) is 0. The van der Waals surface area contributed by atoms with Gasteiger partial charge in [0, 0.05) is 11.1 Å². The van der Waals surface area contributed by atoms with Crippen molar-refractivity contribution >= 4 is 5.78 Å². The van der Waals surface area contributed by atoms with Crippen LogP contribution >= 0.6 is 0 Å². The van der Waals surface area contributed by atoms with Crippen LogP contribution in [0.2, 0.25) is 0 Å². The van der Waals surface area contributed by atoms with Crippen LogP contribution in [0.3, 0.4) is 0 Å². The molecule has 0 aromatic heterocycles. The fourth-order valence-corrected chi connectivity index (χ4v) is 3.34. The normalized spacial score (nSPS) is 29.9. The van der Waals surface area contributed by atoms with Crippen LogP contribution < -0.4 is 0 Å². The molecule has 2 aromatic rings. The fourth-order valence-electron chi connectivity index (χ4n) is 3.34. The van der Waals surface area contributed by atoms with Crippen molar-refractivity contribution in [1.82, 2.24) is 0 Å². The first-order valence-electron chi connectivity index (χ1n) is 7.82. The molecule has 116 valence electrons. The van der Waals surface area contributed by atoms with Crippen LogP contribution in [0.25, 0.3) is 0 Å². The lowest BCUT2D eigenvalue weighted by Gasteiger charge is -2.36. The Labute approximate surface area is 135 Å². The molecule has 23 heavy (non-hydrogen) atoms. The SMILES string of the molecule is CC1=C(C)C2(OC(c3ccccc3)C(c3ccccc3)O2)C1=O. The molecular weight excluding hydrogens is 288 g/mol. The lowest BCUT2D eigenvalue weighted by molar-refractivity contribution is -0.179. The van der Waals surface area contributed by atoms with Gasteiger partial charge in [-0.3, -0.25) is 4.79 Å². The lowest BCUT2D eigenvalue weighted by Crippen LogP contribution is -2.50.